The van der Waals surface area contributed by atoms with Gasteiger partial charge in [0.05, 0.1) is 23.7 Å². The molecule has 0 spiro atoms. The molecule has 4 nitrogen and oxygen atoms in total. The van der Waals surface area contributed by atoms with Gasteiger partial charge in [0.25, 0.3) is 0 Å². The molecule has 4 N–H and O–H groups in total. The Hall–Kier alpha value is -12.2. The molecule has 0 fully saturated rings. The molecule has 21 rings (SSSR count). The van der Waals surface area contributed by atoms with Gasteiger partial charge in [-0.1, -0.05) is 315 Å². The number of hydrogen-bond donors (Lipinski definition) is 4. The molecule has 0 unspecified atom stereocenters. The van der Waals surface area contributed by atoms with Crippen molar-refractivity contribution in [1.82, 2.24) is 19.9 Å². The predicted octanol–water partition coefficient (Wildman–Crippen LogP) is 23.9. The molecule has 1 aliphatic rings. The summed E-state index contributed by atoms with van der Waals surface area (Å²) >= 11 is 0. The summed E-state index contributed by atoms with van der Waals surface area (Å²) in [6, 6.07) is 119. The van der Waals surface area contributed by atoms with Crippen LogP contribution in [0.25, 0.3) is 129 Å². The third-order valence-corrected chi connectivity index (χ3v) is 21.8. The van der Waals surface area contributed by atoms with Gasteiger partial charge in [0.1, 0.15) is 0 Å². The molecule has 4 heterocycles. The Kier molecular flexibility index (Phi) is 11.5. The zero-order valence-electron chi connectivity index (χ0n) is 52.3. The number of fused-ring (bicyclic) bond motifs is 12. The van der Waals surface area contributed by atoms with Crippen molar-refractivity contribution in [2.75, 3.05) is 0 Å². The van der Waals surface area contributed by atoms with Gasteiger partial charge in [-0.15, -0.1) is 0 Å². The Morgan fingerprint density at radius 3 is 0.375 bits per heavy atom. The van der Waals surface area contributed by atoms with Crippen molar-refractivity contribution in [2.24, 2.45) is 0 Å². The van der Waals surface area contributed by atoms with Crippen LogP contribution >= 0.6 is 0 Å². The SMILES string of the molecule is c1ccc(C2c3[nH]c(c4c5ccccc5c5ccccc5c34)C(c3ccccc3)c3[nH]c(c4c5ccccc5c5ccccc5c34)C(c3ccccc3)c3[nH]c(c4c5ccccc5c5ccccc5c34)C(c3ccccc3)c3[nH]c2c2c4ccccc4c4ccccc4c32)cc1. The first kappa shape index (κ1) is 53.3. The summed E-state index contributed by atoms with van der Waals surface area (Å²) in [5.41, 5.74) is 13.9. The van der Waals surface area contributed by atoms with Crippen molar-refractivity contribution in [2.45, 2.75) is 23.7 Å². The van der Waals surface area contributed by atoms with E-state index < -0.39 is 0 Å². The van der Waals surface area contributed by atoms with Gasteiger partial charge < -0.3 is 19.9 Å². The van der Waals surface area contributed by atoms with Crippen LogP contribution in [0.1, 0.15) is 91.5 Å². The first-order valence-electron chi connectivity index (χ1n) is 33.7. The Morgan fingerprint density at radius 1 is 0.125 bits per heavy atom. The first-order chi connectivity index (χ1) is 47.7. The van der Waals surface area contributed by atoms with Crippen LogP contribution < -0.4 is 0 Å². The number of nitrogens with one attached hydrogen (secondary N) is 4. The fraction of sp³-hybridized carbons (Fsp3) is 0.0435. The van der Waals surface area contributed by atoms with E-state index in [1.165, 1.54) is 152 Å². The maximum atomic E-state index is 4.66. The quantitative estimate of drug-likeness (QED) is 0.127. The largest absolute Gasteiger partial charge is 0.360 e. The van der Waals surface area contributed by atoms with Crippen LogP contribution in [0, 0.1) is 0 Å². The van der Waals surface area contributed by atoms with Crippen LogP contribution in [0.5, 0.6) is 0 Å². The molecule has 4 aromatic heterocycles. The number of aromatic amines is 4. The second-order valence-corrected chi connectivity index (χ2v) is 26.5. The molecule has 0 saturated heterocycles. The lowest BCUT2D eigenvalue weighted by Gasteiger charge is -2.21. The molecule has 96 heavy (non-hydrogen) atoms. The maximum absolute atomic E-state index is 4.66. The molecule has 0 amide bonds. The highest BCUT2D eigenvalue weighted by Gasteiger charge is 2.40. The monoisotopic (exact) mass is 1220 g/mol. The van der Waals surface area contributed by atoms with Crippen molar-refractivity contribution < 1.29 is 0 Å². The maximum Gasteiger partial charge on any atom is 0.0654 e. The minimum absolute atomic E-state index is 0.363. The molecular formula is C92H60N4. The van der Waals surface area contributed by atoms with Gasteiger partial charge in [0.15, 0.2) is 0 Å². The number of benzene rings is 16. The molecule has 1 aliphatic carbocycles. The highest BCUT2D eigenvalue weighted by molar-refractivity contribution is 6.32. The lowest BCUT2D eigenvalue weighted by molar-refractivity contribution is 0.822. The lowest BCUT2D eigenvalue weighted by atomic mass is 9.82. The van der Waals surface area contributed by atoms with Crippen molar-refractivity contribution in [1.29, 1.82) is 0 Å². The molecule has 0 radical (unpaired) electrons. The summed E-state index contributed by atoms with van der Waals surface area (Å²) in [7, 11) is 0. The predicted molar refractivity (Wildman–Crippen MR) is 403 cm³/mol. The lowest BCUT2D eigenvalue weighted by Crippen LogP contribution is -2.11. The van der Waals surface area contributed by atoms with Gasteiger partial charge in [0, 0.05) is 88.6 Å². The standard InChI is InChI=1S/C92H60N4/c1-5-29-53(30-6-1)73-85-77-65-45-21-13-37-57(65)59-39-15-23-47-67(59)79(77)87(93-85)74(54-31-7-2-8-32-54)89-81-69-49-25-17-41-61(69)63-43-19-27-51-71(63)83(81)91(95-89)76(56-35-11-4-12-36-56)92-84-72-52-28-20-44-64(72)62-42-18-26-50-70(62)82(84)90(96-92)75(55-33-9-3-10-34-55)88-80-68-48-24-16-40-60(68)58-38-14-22-46-66(58)78(80)86(73)94-88/h1-52,73-76,93-96H. The second kappa shape index (κ2) is 20.6. The van der Waals surface area contributed by atoms with E-state index in [1.54, 1.807) is 0 Å². The Balaban J connectivity index is 1.07. The third-order valence-electron chi connectivity index (χ3n) is 21.8. The number of aromatic nitrogens is 4. The number of rotatable bonds is 4. The molecular weight excluding hydrogens is 1160 g/mol. The molecule has 4 heteroatoms. The summed E-state index contributed by atoms with van der Waals surface area (Å²) < 4.78 is 0. The number of hydrogen-bond acceptors (Lipinski definition) is 0. The smallest absolute Gasteiger partial charge is 0.0654 e. The zero-order chi connectivity index (χ0) is 62.7. The molecule has 0 atom stereocenters. The zero-order valence-corrected chi connectivity index (χ0v) is 52.3. The summed E-state index contributed by atoms with van der Waals surface area (Å²) in [6.07, 6.45) is 0. The van der Waals surface area contributed by atoms with Crippen LogP contribution in [-0.4, -0.2) is 19.9 Å². The topological polar surface area (TPSA) is 63.2 Å². The van der Waals surface area contributed by atoms with E-state index in [2.05, 4.69) is 335 Å². The van der Waals surface area contributed by atoms with E-state index in [1.807, 2.05) is 0 Å². The molecule has 8 bridgehead atoms. The minimum atomic E-state index is -0.363. The van der Waals surface area contributed by atoms with Crippen molar-refractivity contribution in [3.8, 4) is 0 Å². The highest BCUT2D eigenvalue weighted by atomic mass is 14.9. The minimum Gasteiger partial charge on any atom is -0.360 e. The van der Waals surface area contributed by atoms with Crippen LogP contribution in [0.15, 0.2) is 315 Å². The van der Waals surface area contributed by atoms with E-state index in [9.17, 15) is 0 Å². The Bertz CT molecular complexity index is 5470. The van der Waals surface area contributed by atoms with E-state index >= 15 is 0 Å². The molecule has 16 aromatic carbocycles. The summed E-state index contributed by atoms with van der Waals surface area (Å²) in [5.74, 6) is -1.45. The van der Waals surface area contributed by atoms with Gasteiger partial charge in [0.2, 0.25) is 0 Å². The van der Waals surface area contributed by atoms with Crippen molar-refractivity contribution in [3.05, 3.63) is 383 Å². The highest BCUT2D eigenvalue weighted by Crippen LogP contribution is 2.57. The van der Waals surface area contributed by atoms with Crippen LogP contribution in [-0.2, 0) is 0 Å². The van der Waals surface area contributed by atoms with E-state index in [0.717, 1.165) is 45.6 Å². The van der Waals surface area contributed by atoms with Crippen molar-refractivity contribution >= 4 is 129 Å². The summed E-state index contributed by atoms with van der Waals surface area (Å²) in [6.45, 7) is 0. The van der Waals surface area contributed by atoms with Gasteiger partial charge in [-0.2, -0.15) is 0 Å². The fourth-order valence-electron chi connectivity index (χ4n) is 18.1. The Morgan fingerprint density at radius 2 is 0.240 bits per heavy atom. The fourth-order valence-corrected chi connectivity index (χ4v) is 18.1. The van der Waals surface area contributed by atoms with Gasteiger partial charge in [-0.3, -0.25) is 0 Å². The summed E-state index contributed by atoms with van der Waals surface area (Å²) in [4.78, 5) is 18.6. The summed E-state index contributed by atoms with van der Waals surface area (Å²) in [5, 5.41) is 29.3. The van der Waals surface area contributed by atoms with Gasteiger partial charge >= 0.3 is 0 Å². The van der Waals surface area contributed by atoms with E-state index in [4.69, 9.17) is 0 Å². The molecule has 0 aliphatic heterocycles. The average Bonchev–Trinajstić information content (AvgIpc) is 1.52. The van der Waals surface area contributed by atoms with Crippen LogP contribution in [0.2, 0.25) is 0 Å². The molecule has 448 valence electrons. The normalized spacial score (nSPS) is 15.9. The van der Waals surface area contributed by atoms with E-state index in [0.29, 0.717) is 0 Å². The Labute approximate surface area is 552 Å². The molecule has 0 saturated carbocycles. The van der Waals surface area contributed by atoms with Crippen molar-refractivity contribution in [3.63, 3.8) is 0 Å². The molecule has 20 aromatic rings. The number of H-pyrrole nitrogens is 4. The first-order valence-corrected chi connectivity index (χ1v) is 33.7. The average molecular weight is 1220 g/mol. The van der Waals surface area contributed by atoms with E-state index in [-0.39, 0.29) is 23.7 Å². The van der Waals surface area contributed by atoms with Gasteiger partial charge in [-0.05, 0) is 108 Å². The second-order valence-electron chi connectivity index (χ2n) is 26.5. The van der Waals surface area contributed by atoms with Crippen LogP contribution in [0.4, 0.5) is 0 Å². The third kappa shape index (κ3) is 7.44. The van der Waals surface area contributed by atoms with Gasteiger partial charge in [-0.25, -0.2) is 0 Å². The van der Waals surface area contributed by atoms with Crippen LogP contribution in [0.3, 0.4) is 0 Å².